The van der Waals surface area contributed by atoms with E-state index in [9.17, 15) is 9.59 Å². The van der Waals surface area contributed by atoms with Crippen molar-refractivity contribution in [2.75, 3.05) is 20.8 Å². The Morgan fingerprint density at radius 2 is 1.79 bits per heavy atom. The lowest BCUT2D eigenvalue weighted by Gasteiger charge is -2.24. The van der Waals surface area contributed by atoms with Crippen LogP contribution in [-0.2, 0) is 9.53 Å². The smallest absolute Gasteiger partial charge is 0.338 e. The van der Waals surface area contributed by atoms with E-state index < -0.39 is 12.0 Å². The fourth-order valence-electron chi connectivity index (χ4n) is 4.74. The molecule has 7 nitrogen and oxygen atoms in total. The number of allylic oxidation sites excluding steroid dienone is 1. The van der Waals surface area contributed by atoms with Crippen molar-refractivity contribution >= 4 is 34.2 Å². The van der Waals surface area contributed by atoms with Crippen LogP contribution in [0, 0.1) is 6.92 Å². The van der Waals surface area contributed by atoms with E-state index >= 15 is 0 Å². The van der Waals surface area contributed by atoms with Crippen LogP contribution in [0.25, 0.3) is 16.8 Å². The third-order valence-corrected chi connectivity index (χ3v) is 7.62. The number of carbonyl (C=O) groups excluding carboxylic acids is 1. The molecule has 0 amide bonds. The molecule has 1 aliphatic heterocycles. The first-order valence-electron chi connectivity index (χ1n) is 12.3. The van der Waals surface area contributed by atoms with Crippen LogP contribution in [0.1, 0.15) is 36.6 Å². The molecule has 0 unspecified atom stereocenters. The molecule has 3 aromatic carbocycles. The lowest BCUT2D eigenvalue weighted by atomic mass is 9.95. The molecule has 2 heterocycles. The molecule has 0 aliphatic carbocycles. The highest BCUT2D eigenvalue weighted by molar-refractivity contribution is 7.07. The van der Waals surface area contributed by atoms with Crippen LogP contribution in [0.15, 0.2) is 75.7 Å². The summed E-state index contributed by atoms with van der Waals surface area (Å²) in [5, 5.41) is 1.89. The molecule has 0 saturated heterocycles. The zero-order chi connectivity index (χ0) is 27.0. The predicted molar refractivity (Wildman–Crippen MR) is 149 cm³/mol. The summed E-state index contributed by atoms with van der Waals surface area (Å²) in [6.45, 7) is 5.77. The van der Waals surface area contributed by atoms with Crippen LogP contribution in [0.4, 0.5) is 0 Å². The van der Waals surface area contributed by atoms with Gasteiger partial charge in [0, 0.05) is 5.56 Å². The van der Waals surface area contributed by atoms with Gasteiger partial charge in [0.2, 0.25) is 0 Å². The summed E-state index contributed by atoms with van der Waals surface area (Å²) >= 11 is 1.28. The molecular weight excluding hydrogens is 500 g/mol. The van der Waals surface area contributed by atoms with Gasteiger partial charge < -0.3 is 14.2 Å². The molecule has 8 heteroatoms. The van der Waals surface area contributed by atoms with E-state index in [-0.39, 0.29) is 12.2 Å². The molecule has 38 heavy (non-hydrogen) atoms. The molecule has 0 saturated carbocycles. The first-order chi connectivity index (χ1) is 18.4. The Hall–Kier alpha value is -4.17. The van der Waals surface area contributed by atoms with Crippen molar-refractivity contribution in [3.63, 3.8) is 0 Å². The number of nitrogens with zero attached hydrogens (tertiary/aromatic N) is 2. The average Bonchev–Trinajstić information content (AvgIpc) is 3.22. The molecular formula is C30H28N2O5S. The quantitative estimate of drug-likeness (QED) is 0.349. The second kappa shape index (κ2) is 10.3. The fraction of sp³-hybridized carbons (Fsp3) is 0.233. The minimum atomic E-state index is -0.650. The number of aromatic nitrogens is 1. The van der Waals surface area contributed by atoms with Crippen molar-refractivity contribution in [2.45, 2.75) is 26.8 Å². The van der Waals surface area contributed by atoms with Gasteiger partial charge in [-0.05, 0) is 61.4 Å². The first kappa shape index (κ1) is 25.5. The third kappa shape index (κ3) is 4.41. The molecule has 4 aromatic rings. The highest BCUT2D eigenvalue weighted by Crippen LogP contribution is 2.33. The minimum absolute atomic E-state index is 0.227. The summed E-state index contributed by atoms with van der Waals surface area (Å²) in [7, 11) is 3.22. The van der Waals surface area contributed by atoms with E-state index in [2.05, 4.69) is 4.99 Å². The van der Waals surface area contributed by atoms with Crippen molar-refractivity contribution in [3.8, 4) is 11.5 Å². The first-order valence-corrected chi connectivity index (χ1v) is 13.1. The van der Waals surface area contributed by atoms with Gasteiger partial charge in [-0.15, -0.1) is 0 Å². The van der Waals surface area contributed by atoms with Gasteiger partial charge >= 0.3 is 5.97 Å². The van der Waals surface area contributed by atoms with E-state index in [1.165, 1.54) is 11.3 Å². The largest absolute Gasteiger partial charge is 0.497 e. The van der Waals surface area contributed by atoms with Gasteiger partial charge in [-0.1, -0.05) is 53.3 Å². The van der Waals surface area contributed by atoms with E-state index in [1.807, 2.05) is 67.6 Å². The number of benzene rings is 3. The second-order valence-corrected chi connectivity index (χ2v) is 9.99. The van der Waals surface area contributed by atoms with Gasteiger partial charge in [0.05, 0.1) is 42.7 Å². The van der Waals surface area contributed by atoms with Gasteiger partial charge in [-0.25, -0.2) is 9.79 Å². The van der Waals surface area contributed by atoms with Crippen molar-refractivity contribution in [1.29, 1.82) is 0 Å². The van der Waals surface area contributed by atoms with Gasteiger partial charge in [-0.2, -0.15) is 0 Å². The molecule has 1 atom stereocenters. The van der Waals surface area contributed by atoms with Gasteiger partial charge in [0.25, 0.3) is 5.56 Å². The van der Waals surface area contributed by atoms with Gasteiger partial charge in [0.15, 0.2) is 4.80 Å². The highest BCUT2D eigenvalue weighted by Gasteiger charge is 2.33. The molecule has 1 aromatic heterocycles. The number of carbonyl (C=O) groups is 1. The Morgan fingerprint density at radius 1 is 1.05 bits per heavy atom. The molecule has 5 rings (SSSR count). The molecule has 0 spiro atoms. The SMILES string of the molecule is CCOC(=O)C1=C(C)N=c2s/c(=C/c3c(OC)ccc4ccc(OC)cc34)c(=O)n2[C@@H]1c1ccc(C)cc1. The Balaban J connectivity index is 1.78. The maximum Gasteiger partial charge on any atom is 0.338 e. The number of rotatable bonds is 6. The van der Waals surface area contributed by atoms with Crippen LogP contribution in [0.2, 0.25) is 0 Å². The number of aryl methyl sites for hydroxylation is 1. The number of thiazole rings is 1. The molecule has 1 aliphatic rings. The Labute approximate surface area is 223 Å². The van der Waals surface area contributed by atoms with E-state index in [0.29, 0.717) is 32.1 Å². The Morgan fingerprint density at radius 3 is 2.47 bits per heavy atom. The zero-order valence-corrected chi connectivity index (χ0v) is 22.7. The van der Waals surface area contributed by atoms with Gasteiger partial charge in [0.1, 0.15) is 11.5 Å². The summed E-state index contributed by atoms with van der Waals surface area (Å²) in [5.41, 5.74) is 3.32. The number of esters is 1. The standard InChI is InChI=1S/C30H28N2O5S/c1-6-37-29(34)26-18(3)31-30-32(27(26)20-9-7-17(2)8-10-20)28(33)25(38-30)16-23-22-15-21(35-4)13-11-19(22)12-14-24(23)36-5/h7-16,27H,6H2,1-5H3/b25-16+/t27-/m1/s1. The number of methoxy groups -OCH3 is 2. The molecule has 0 radical (unpaired) electrons. The van der Waals surface area contributed by atoms with Crippen LogP contribution >= 0.6 is 11.3 Å². The number of hydrogen-bond donors (Lipinski definition) is 0. The summed E-state index contributed by atoms with van der Waals surface area (Å²) in [5.74, 6) is 0.863. The Kier molecular flexibility index (Phi) is 6.91. The van der Waals surface area contributed by atoms with Crippen LogP contribution < -0.4 is 24.4 Å². The lowest BCUT2D eigenvalue weighted by Crippen LogP contribution is -2.39. The Bertz CT molecular complexity index is 1760. The van der Waals surface area contributed by atoms with Crippen molar-refractivity contribution in [1.82, 2.24) is 4.57 Å². The maximum atomic E-state index is 14.0. The number of hydrogen-bond acceptors (Lipinski definition) is 7. The van der Waals surface area contributed by atoms with Gasteiger partial charge in [-0.3, -0.25) is 9.36 Å². The van der Waals surface area contributed by atoms with Crippen LogP contribution in [0.5, 0.6) is 11.5 Å². The lowest BCUT2D eigenvalue weighted by molar-refractivity contribution is -0.139. The summed E-state index contributed by atoms with van der Waals surface area (Å²) in [6, 6.07) is 16.8. The molecule has 0 bridgehead atoms. The predicted octanol–water partition coefficient (Wildman–Crippen LogP) is 4.28. The number of ether oxygens (including phenoxy) is 3. The second-order valence-electron chi connectivity index (χ2n) is 8.98. The molecule has 0 fully saturated rings. The fourth-order valence-corrected chi connectivity index (χ4v) is 5.77. The zero-order valence-electron chi connectivity index (χ0n) is 21.9. The molecule has 0 N–H and O–H groups in total. The van der Waals surface area contributed by atoms with Crippen molar-refractivity contribution in [2.24, 2.45) is 4.99 Å². The van der Waals surface area contributed by atoms with E-state index in [4.69, 9.17) is 14.2 Å². The van der Waals surface area contributed by atoms with E-state index in [1.54, 1.807) is 32.6 Å². The van der Waals surface area contributed by atoms with E-state index in [0.717, 1.165) is 27.5 Å². The van der Waals surface area contributed by atoms with Crippen molar-refractivity contribution in [3.05, 3.63) is 102 Å². The van der Waals surface area contributed by atoms with Crippen molar-refractivity contribution < 1.29 is 19.0 Å². The monoisotopic (exact) mass is 528 g/mol. The average molecular weight is 529 g/mol. The summed E-state index contributed by atoms with van der Waals surface area (Å²) < 4.78 is 18.6. The minimum Gasteiger partial charge on any atom is -0.497 e. The normalized spacial score (nSPS) is 15.3. The summed E-state index contributed by atoms with van der Waals surface area (Å²) in [4.78, 5) is 32.3. The summed E-state index contributed by atoms with van der Waals surface area (Å²) in [6.07, 6.45) is 1.83. The van der Waals surface area contributed by atoms with Crippen LogP contribution in [-0.4, -0.2) is 31.4 Å². The topological polar surface area (TPSA) is 79.1 Å². The molecule has 194 valence electrons. The van der Waals surface area contributed by atoms with Crippen LogP contribution in [0.3, 0.4) is 0 Å². The number of fused-ring (bicyclic) bond motifs is 2. The maximum absolute atomic E-state index is 14.0. The third-order valence-electron chi connectivity index (χ3n) is 6.64. The highest BCUT2D eigenvalue weighted by atomic mass is 32.1.